The van der Waals surface area contributed by atoms with Crippen molar-refractivity contribution in [1.29, 1.82) is 5.26 Å². The molecule has 0 aromatic carbocycles. The number of esters is 1. The van der Waals surface area contributed by atoms with Crippen LogP contribution in [0.4, 0.5) is 0 Å². The van der Waals surface area contributed by atoms with Gasteiger partial charge in [0.05, 0.1) is 7.11 Å². The predicted molar refractivity (Wildman–Crippen MR) is 35.9 cm³/mol. The highest BCUT2D eigenvalue weighted by molar-refractivity contribution is 5.92. The first kappa shape index (κ1) is 8.44. The number of carbonyl (C=O) groups excluding carboxylic acids is 1. The lowest BCUT2D eigenvalue weighted by molar-refractivity contribution is -0.135. The first-order valence-electron chi connectivity index (χ1n) is 2.57. The van der Waals surface area contributed by atoms with Gasteiger partial charge in [-0.3, -0.25) is 0 Å². The highest BCUT2D eigenvalue weighted by atomic mass is 16.5. The van der Waals surface area contributed by atoms with Crippen LogP contribution in [-0.4, -0.2) is 13.1 Å². The summed E-state index contributed by atoms with van der Waals surface area (Å²) in [4.78, 5) is 10.6. The lowest BCUT2D eigenvalue weighted by Gasteiger charge is -1.91. The summed E-state index contributed by atoms with van der Waals surface area (Å²) in [6.07, 6.45) is 2.65. The molecule has 0 aliphatic carbocycles. The first-order chi connectivity index (χ1) is 4.76. The molecule has 0 unspecified atom stereocenters. The van der Waals surface area contributed by atoms with E-state index in [4.69, 9.17) is 5.26 Å². The Balaban J connectivity index is 4.39. The molecule has 0 amide bonds. The van der Waals surface area contributed by atoms with Gasteiger partial charge >= 0.3 is 5.97 Å². The fourth-order valence-electron chi connectivity index (χ4n) is 0.379. The molecule has 0 atom stereocenters. The zero-order valence-corrected chi connectivity index (χ0v) is 5.63. The summed E-state index contributed by atoms with van der Waals surface area (Å²) in [5, 5.41) is 8.29. The van der Waals surface area contributed by atoms with Crippen LogP contribution in [0.2, 0.25) is 0 Å². The smallest absolute Gasteiger partial charge is 0.348 e. The quantitative estimate of drug-likeness (QED) is 0.245. The lowest BCUT2D eigenvalue weighted by atomic mass is 10.3. The largest absolute Gasteiger partial charge is 0.465 e. The van der Waals surface area contributed by atoms with E-state index in [1.165, 1.54) is 19.3 Å². The molecule has 0 rings (SSSR count). The van der Waals surface area contributed by atoms with Gasteiger partial charge in [-0.25, -0.2) is 4.79 Å². The molecule has 52 valence electrons. The van der Waals surface area contributed by atoms with Crippen LogP contribution >= 0.6 is 0 Å². The average Bonchev–Trinajstić information content (AvgIpc) is 1.99. The third kappa shape index (κ3) is 2.14. The van der Waals surface area contributed by atoms with Gasteiger partial charge in [0.1, 0.15) is 11.6 Å². The average molecular weight is 137 g/mol. The third-order valence-electron chi connectivity index (χ3n) is 0.810. The van der Waals surface area contributed by atoms with Gasteiger partial charge in [0.2, 0.25) is 0 Å². The molecule has 0 spiro atoms. The maximum Gasteiger partial charge on any atom is 0.348 e. The van der Waals surface area contributed by atoms with Gasteiger partial charge in [0.15, 0.2) is 0 Å². The van der Waals surface area contributed by atoms with Crippen LogP contribution < -0.4 is 0 Å². The van der Waals surface area contributed by atoms with E-state index in [0.717, 1.165) is 0 Å². The summed E-state index contributed by atoms with van der Waals surface area (Å²) in [7, 11) is 1.22. The minimum Gasteiger partial charge on any atom is -0.465 e. The zero-order chi connectivity index (χ0) is 7.98. The van der Waals surface area contributed by atoms with Crippen molar-refractivity contribution in [3.05, 3.63) is 24.3 Å². The molecule has 0 bridgehead atoms. The molecule has 0 radical (unpaired) electrons. The molecule has 0 aliphatic heterocycles. The molecule has 3 nitrogen and oxygen atoms in total. The molecular weight excluding hydrogens is 130 g/mol. The SMILES string of the molecule is C=C/C=C(\C#N)C(=O)OC. The number of carbonyl (C=O) groups is 1. The van der Waals surface area contributed by atoms with Crippen LogP contribution in [0.15, 0.2) is 24.3 Å². The minimum atomic E-state index is -0.637. The van der Waals surface area contributed by atoms with Crippen molar-refractivity contribution >= 4 is 5.97 Å². The normalized spacial score (nSPS) is 9.80. The molecule has 0 N–H and O–H groups in total. The van der Waals surface area contributed by atoms with Gasteiger partial charge < -0.3 is 4.74 Å². The Morgan fingerprint density at radius 1 is 1.80 bits per heavy atom. The summed E-state index contributed by atoms with van der Waals surface area (Å²) in [5.41, 5.74) is -0.0440. The topological polar surface area (TPSA) is 50.1 Å². The van der Waals surface area contributed by atoms with Crippen LogP contribution in [0.5, 0.6) is 0 Å². The second kappa shape index (κ2) is 4.33. The molecule has 0 saturated carbocycles. The van der Waals surface area contributed by atoms with E-state index in [2.05, 4.69) is 11.3 Å². The van der Waals surface area contributed by atoms with E-state index in [1.54, 1.807) is 6.07 Å². The number of hydrogen-bond acceptors (Lipinski definition) is 3. The highest BCUT2D eigenvalue weighted by Gasteiger charge is 2.05. The maximum absolute atomic E-state index is 10.6. The number of methoxy groups -OCH3 is 1. The van der Waals surface area contributed by atoms with Crippen LogP contribution in [0.3, 0.4) is 0 Å². The van der Waals surface area contributed by atoms with E-state index in [-0.39, 0.29) is 5.57 Å². The Morgan fingerprint density at radius 3 is 2.70 bits per heavy atom. The van der Waals surface area contributed by atoms with Crippen molar-refractivity contribution in [2.45, 2.75) is 0 Å². The number of rotatable bonds is 2. The monoisotopic (exact) mass is 137 g/mol. The maximum atomic E-state index is 10.6. The van der Waals surface area contributed by atoms with Crippen LogP contribution in [0.1, 0.15) is 0 Å². The van der Waals surface area contributed by atoms with Gasteiger partial charge in [0, 0.05) is 0 Å². The molecule has 0 aliphatic rings. The van der Waals surface area contributed by atoms with Crippen molar-refractivity contribution in [3.8, 4) is 6.07 Å². The second-order valence-corrected chi connectivity index (χ2v) is 1.42. The molecule has 0 aromatic rings. The third-order valence-corrected chi connectivity index (χ3v) is 0.810. The van der Waals surface area contributed by atoms with Gasteiger partial charge in [-0.05, 0) is 6.08 Å². The Labute approximate surface area is 59.2 Å². The van der Waals surface area contributed by atoms with E-state index >= 15 is 0 Å². The van der Waals surface area contributed by atoms with Crippen molar-refractivity contribution in [3.63, 3.8) is 0 Å². The lowest BCUT2D eigenvalue weighted by Crippen LogP contribution is -2.01. The summed E-state index contributed by atoms with van der Waals surface area (Å²) >= 11 is 0. The summed E-state index contributed by atoms with van der Waals surface area (Å²) in [6.45, 7) is 3.33. The van der Waals surface area contributed by atoms with Gasteiger partial charge in [-0.1, -0.05) is 12.7 Å². The Morgan fingerprint density at radius 2 is 2.40 bits per heavy atom. The van der Waals surface area contributed by atoms with Crippen LogP contribution in [0, 0.1) is 11.3 Å². The van der Waals surface area contributed by atoms with E-state index in [1.807, 2.05) is 0 Å². The minimum absolute atomic E-state index is 0.0440. The van der Waals surface area contributed by atoms with Crippen molar-refractivity contribution in [1.82, 2.24) is 0 Å². The molecule has 0 aromatic heterocycles. The second-order valence-electron chi connectivity index (χ2n) is 1.42. The Hall–Kier alpha value is -1.56. The number of ether oxygens (including phenoxy) is 1. The first-order valence-corrected chi connectivity index (χ1v) is 2.57. The number of hydrogen-bond donors (Lipinski definition) is 0. The molecular formula is C7H7NO2. The fraction of sp³-hybridized carbons (Fsp3) is 0.143. The molecule has 3 heteroatoms. The standard InChI is InChI=1S/C7H7NO2/c1-3-4-6(5-8)7(9)10-2/h3-4H,1H2,2H3/b6-4+. The summed E-state index contributed by atoms with van der Waals surface area (Å²) in [6, 6.07) is 1.67. The van der Waals surface area contributed by atoms with Gasteiger partial charge in [-0.2, -0.15) is 5.26 Å². The van der Waals surface area contributed by atoms with Crippen LogP contribution in [0.25, 0.3) is 0 Å². The van der Waals surface area contributed by atoms with Gasteiger partial charge in [0.25, 0.3) is 0 Å². The fourth-order valence-corrected chi connectivity index (χ4v) is 0.379. The predicted octanol–water partition coefficient (Wildman–Crippen LogP) is 0.795. The number of nitrogens with zero attached hydrogens (tertiary/aromatic N) is 1. The zero-order valence-electron chi connectivity index (χ0n) is 5.63. The van der Waals surface area contributed by atoms with E-state index < -0.39 is 5.97 Å². The summed E-state index contributed by atoms with van der Waals surface area (Å²) in [5.74, 6) is -0.637. The Bertz CT molecular complexity index is 210. The van der Waals surface area contributed by atoms with Gasteiger partial charge in [-0.15, -0.1) is 0 Å². The van der Waals surface area contributed by atoms with Crippen molar-refractivity contribution in [2.75, 3.05) is 7.11 Å². The van der Waals surface area contributed by atoms with Crippen molar-refractivity contribution < 1.29 is 9.53 Å². The molecule has 0 saturated heterocycles. The molecule has 10 heavy (non-hydrogen) atoms. The number of allylic oxidation sites excluding steroid dienone is 2. The van der Waals surface area contributed by atoms with E-state index in [9.17, 15) is 4.79 Å². The van der Waals surface area contributed by atoms with Crippen LogP contribution in [-0.2, 0) is 9.53 Å². The molecule has 0 fully saturated rings. The summed E-state index contributed by atoms with van der Waals surface area (Å²) < 4.78 is 4.28. The Kier molecular flexibility index (Phi) is 3.66. The van der Waals surface area contributed by atoms with Crippen molar-refractivity contribution in [2.24, 2.45) is 0 Å². The molecule has 0 heterocycles. The number of nitriles is 1. The van der Waals surface area contributed by atoms with E-state index in [0.29, 0.717) is 0 Å². The highest BCUT2D eigenvalue weighted by Crippen LogP contribution is 1.94.